The third kappa shape index (κ3) is 4.83. The standard InChI is InChI=1S/C20H16ClN3O3/c1-13-9-10-16(27-13)12-22-24-19(25)14-5-4-6-15(11-14)23-20(26)17-7-2-3-8-18(17)21/h2-12H,1H3,(H,23,26)(H,24,25)/b22-12-. The van der Waals surface area contributed by atoms with Crippen molar-refractivity contribution >= 4 is 35.3 Å². The molecule has 6 nitrogen and oxygen atoms in total. The van der Waals surface area contributed by atoms with Crippen LogP contribution in [0.25, 0.3) is 0 Å². The van der Waals surface area contributed by atoms with E-state index in [1.54, 1.807) is 60.7 Å². The number of carbonyl (C=O) groups is 2. The number of anilines is 1. The van der Waals surface area contributed by atoms with Gasteiger partial charge in [-0.1, -0.05) is 29.8 Å². The van der Waals surface area contributed by atoms with Crippen LogP contribution < -0.4 is 10.7 Å². The van der Waals surface area contributed by atoms with Gasteiger partial charge in [-0.05, 0) is 49.4 Å². The molecule has 0 aliphatic rings. The van der Waals surface area contributed by atoms with E-state index in [4.69, 9.17) is 16.0 Å². The summed E-state index contributed by atoms with van der Waals surface area (Å²) in [7, 11) is 0. The van der Waals surface area contributed by atoms with Gasteiger partial charge in [-0.2, -0.15) is 5.10 Å². The molecule has 7 heteroatoms. The van der Waals surface area contributed by atoms with E-state index >= 15 is 0 Å². The normalized spacial score (nSPS) is 10.7. The van der Waals surface area contributed by atoms with Crippen molar-refractivity contribution in [3.8, 4) is 0 Å². The molecule has 136 valence electrons. The van der Waals surface area contributed by atoms with E-state index < -0.39 is 5.91 Å². The van der Waals surface area contributed by atoms with Crippen LogP contribution in [0.1, 0.15) is 32.2 Å². The van der Waals surface area contributed by atoms with E-state index in [0.29, 0.717) is 27.6 Å². The maximum absolute atomic E-state index is 12.3. The maximum Gasteiger partial charge on any atom is 0.271 e. The third-order valence-electron chi connectivity index (χ3n) is 3.62. The van der Waals surface area contributed by atoms with Crippen molar-refractivity contribution in [1.82, 2.24) is 5.43 Å². The minimum absolute atomic E-state index is 0.347. The first-order valence-corrected chi connectivity index (χ1v) is 8.46. The van der Waals surface area contributed by atoms with Crippen LogP contribution in [0.5, 0.6) is 0 Å². The topological polar surface area (TPSA) is 83.7 Å². The number of nitrogens with one attached hydrogen (secondary N) is 2. The highest BCUT2D eigenvalue weighted by Crippen LogP contribution is 2.18. The van der Waals surface area contributed by atoms with Crippen molar-refractivity contribution < 1.29 is 14.0 Å². The number of carbonyl (C=O) groups excluding carboxylic acids is 2. The highest BCUT2D eigenvalue weighted by atomic mass is 35.5. The zero-order valence-corrected chi connectivity index (χ0v) is 15.2. The van der Waals surface area contributed by atoms with Gasteiger partial charge < -0.3 is 9.73 Å². The first-order chi connectivity index (χ1) is 13.0. The van der Waals surface area contributed by atoms with E-state index in [2.05, 4.69) is 15.8 Å². The monoisotopic (exact) mass is 381 g/mol. The molecule has 3 aromatic rings. The fourth-order valence-electron chi connectivity index (χ4n) is 2.32. The highest BCUT2D eigenvalue weighted by molar-refractivity contribution is 6.34. The van der Waals surface area contributed by atoms with E-state index in [1.165, 1.54) is 6.21 Å². The summed E-state index contributed by atoms with van der Waals surface area (Å²) >= 11 is 6.03. The first kappa shape index (κ1) is 18.4. The molecule has 27 heavy (non-hydrogen) atoms. The second kappa shape index (κ2) is 8.33. The van der Waals surface area contributed by atoms with Crippen LogP contribution in [0.15, 0.2) is 70.2 Å². The number of hydrogen-bond acceptors (Lipinski definition) is 4. The predicted molar refractivity (Wildman–Crippen MR) is 104 cm³/mol. The number of nitrogens with zero attached hydrogens (tertiary/aromatic N) is 1. The van der Waals surface area contributed by atoms with Crippen LogP contribution >= 0.6 is 11.6 Å². The third-order valence-corrected chi connectivity index (χ3v) is 3.95. The number of rotatable bonds is 5. The minimum Gasteiger partial charge on any atom is -0.460 e. The Labute approximate surface area is 160 Å². The number of halogens is 1. The second-order valence-corrected chi connectivity index (χ2v) is 6.07. The Morgan fingerprint density at radius 1 is 1.04 bits per heavy atom. The Bertz CT molecular complexity index is 1010. The summed E-state index contributed by atoms with van der Waals surface area (Å²) in [5.41, 5.74) is 3.59. The van der Waals surface area contributed by atoms with Crippen LogP contribution in [0, 0.1) is 6.92 Å². The lowest BCUT2D eigenvalue weighted by Crippen LogP contribution is -2.18. The quantitative estimate of drug-likeness (QED) is 0.511. The zero-order chi connectivity index (χ0) is 19.2. The molecule has 1 heterocycles. The molecule has 0 aliphatic carbocycles. The molecule has 0 unspecified atom stereocenters. The van der Waals surface area contributed by atoms with Gasteiger partial charge in [0.15, 0.2) is 0 Å². The number of aryl methyl sites for hydroxylation is 1. The van der Waals surface area contributed by atoms with Crippen LogP contribution in [0.4, 0.5) is 5.69 Å². The summed E-state index contributed by atoms with van der Waals surface area (Å²) in [6.07, 6.45) is 1.41. The van der Waals surface area contributed by atoms with Gasteiger partial charge in [0, 0.05) is 11.3 Å². The van der Waals surface area contributed by atoms with E-state index in [-0.39, 0.29) is 5.91 Å². The SMILES string of the molecule is Cc1ccc(/C=N\NC(=O)c2cccc(NC(=O)c3ccccc3Cl)c2)o1. The van der Waals surface area contributed by atoms with E-state index in [9.17, 15) is 9.59 Å². The lowest BCUT2D eigenvalue weighted by Gasteiger charge is -2.08. The lowest BCUT2D eigenvalue weighted by atomic mass is 10.1. The molecule has 0 saturated carbocycles. The molecule has 0 atom stereocenters. The average molecular weight is 382 g/mol. The van der Waals surface area contributed by atoms with Gasteiger partial charge in [-0.3, -0.25) is 9.59 Å². The van der Waals surface area contributed by atoms with E-state index in [1.807, 2.05) is 6.92 Å². The van der Waals surface area contributed by atoms with Gasteiger partial charge in [-0.15, -0.1) is 0 Å². The van der Waals surface area contributed by atoms with E-state index in [0.717, 1.165) is 5.76 Å². The van der Waals surface area contributed by atoms with Crippen molar-refractivity contribution in [3.05, 3.63) is 88.3 Å². The first-order valence-electron chi connectivity index (χ1n) is 8.09. The summed E-state index contributed by atoms with van der Waals surface area (Å²) < 4.78 is 5.33. The van der Waals surface area contributed by atoms with Crippen LogP contribution in [-0.2, 0) is 0 Å². The van der Waals surface area contributed by atoms with Crippen molar-refractivity contribution in [1.29, 1.82) is 0 Å². The molecule has 2 N–H and O–H groups in total. The predicted octanol–water partition coefficient (Wildman–Crippen LogP) is 4.26. The second-order valence-electron chi connectivity index (χ2n) is 5.66. The Hall–Kier alpha value is -3.38. The molecule has 0 spiro atoms. The van der Waals surface area contributed by atoms with Crippen LogP contribution in [-0.4, -0.2) is 18.0 Å². The fourth-order valence-corrected chi connectivity index (χ4v) is 2.55. The molecule has 1 aromatic heterocycles. The molecule has 2 aromatic carbocycles. The number of hydrazone groups is 1. The lowest BCUT2D eigenvalue weighted by molar-refractivity contribution is 0.0953. The highest BCUT2D eigenvalue weighted by Gasteiger charge is 2.11. The number of hydrogen-bond donors (Lipinski definition) is 2. The number of benzene rings is 2. The summed E-state index contributed by atoms with van der Waals surface area (Å²) in [5.74, 6) is 0.519. The van der Waals surface area contributed by atoms with Crippen LogP contribution in [0.3, 0.4) is 0 Å². The van der Waals surface area contributed by atoms with Crippen molar-refractivity contribution in [2.24, 2.45) is 5.10 Å². The van der Waals surface area contributed by atoms with Crippen LogP contribution in [0.2, 0.25) is 5.02 Å². The smallest absolute Gasteiger partial charge is 0.271 e. The molecule has 3 rings (SSSR count). The summed E-state index contributed by atoms with van der Waals surface area (Å²) in [5, 5.41) is 6.93. The maximum atomic E-state index is 12.3. The fraction of sp³-hybridized carbons (Fsp3) is 0.0500. The Kier molecular flexibility index (Phi) is 5.68. The summed E-state index contributed by atoms with van der Waals surface area (Å²) in [4.78, 5) is 24.5. The molecule has 2 amide bonds. The number of furan rings is 1. The van der Waals surface area contributed by atoms with Gasteiger partial charge in [0.05, 0.1) is 16.8 Å². The van der Waals surface area contributed by atoms with Gasteiger partial charge in [0.1, 0.15) is 11.5 Å². The number of amides is 2. The van der Waals surface area contributed by atoms with Crippen molar-refractivity contribution in [3.63, 3.8) is 0 Å². The Morgan fingerprint density at radius 3 is 2.59 bits per heavy atom. The molecule has 0 saturated heterocycles. The molecule has 0 radical (unpaired) electrons. The molecular weight excluding hydrogens is 366 g/mol. The van der Waals surface area contributed by atoms with Gasteiger partial charge in [0.2, 0.25) is 0 Å². The largest absolute Gasteiger partial charge is 0.460 e. The van der Waals surface area contributed by atoms with Crippen molar-refractivity contribution in [2.45, 2.75) is 6.92 Å². The summed E-state index contributed by atoms with van der Waals surface area (Å²) in [6, 6.07) is 16.8. The zero-order valence-electron chi connectivity index (χ0n) is 14.4. The molecule has 0 bridgehead atoms. The average Bonchev–Trinajstić information content (AvgIpc) is 3.07. The Morgan fingerprint density at radius 2 is 1.85 bits per heavy atom. The summed E-state index contributed by atoms with van der Waals surface area (Å²) in [6.45, 7) is 1.82. The van der Waals surface area contributed by atoms with Gasteiger partial charge in [0.25, 0.3) is 11.8 Å². The molecule has 0 aliphatic heterocycles. The van der Waals surface area contributed by atoms with Gasteiger partial charge in [-0.25, -0.2) is 5.43 Å². The Balaban J connectivity index is 1.66. The minimum atomic E-state index is -0.414. The van der Waals surface area contributed by atoms with Crippen molar-refractivity contribution in [2.75, 3.05) is 5.32 Å². The van der Waals surface area contributed by atoms with Gasteiger partial charge >= 0.3 is 0 Å². The molecule has 0 fully saturated rings. The molecular formula is C20H16ClN3O3.